The van der Waals surface area contributed by atoms with Gasteiger partial charge in [-0.3, -0.25) is 13.9 Å². The molecule has 2 amide bonds. The summed E-state index contributed by atoms with van der Waals surface area (Å²) in [6.45, 7) is 5.15. The van der Waals surface area contributed by atoms with Gasteiger partial charge in [0, 0.05) is 12.6 Å². The summed E-state index contributed by atoms with van der Waals surface area (Å²) in [5.74, 6) is -0.176. The fraction of sp³-hybridized carbons (Fsp3) is 0.310. The summed E-state index contributed by atoms with van der Waals surface area (Å²) >= 11 is 0. The van der Waals surface area contributed by atoms with Crippen LogP contribution in [0.5, 0.6) is 5.75 Å². The zero-order valence-electron chi connectivity index (χ0n) is 22.2. The Bertz CT molecular complexity index is 1310. The van der Waals surface area contributed by atoms with E-state index in [0.29, 0.717) is 17.9 Å². The van der Waals surface area contributed by atoms with Crippen molar-refractivity contribution >= 4 is 27.5 Å². The van der Waals surface area contributed by atoms with Crippen LogP contribution in [0.25, 0.3) is 0 Å². The molecule has 0 aliphatic rings. The fourth-order valence-electron chi connectivity index (χ4n) is 4.11. The highest BCUT2D eigenvalue weighted by Crippen LogP contribution is 2.25. The molecule has 3 aromatic rings. The molecule has 8 nitrogen and oxygen atoms in total. The van der Waals surface area contributed by atoms with Crippen LogP contribution in [0.15, 0.2) is 89.8 Å². The molecule has 0 spiro atoms. The number of sulfonamides is 1. The maximum atomic E-state index is 14.0. The van der Waals surface area contributed by atoms with Gasteiger partial charge in [0.15, 0.2) is 0 Å². The Kier molecular flexibility index (Phi) is 9.90. The van der Waals surface area contributed by atoms with Gasteiger partial charge in [-0.25, -0.2) is 8.42 Å². The van der Waals surface area contributed by atoms with E-state index in [0.717, 1.165) is 9.87 Å². The van der Waals surface area contributed by atoms with Crippen molar-refractivity contribution in [3.05, 3.63) is 90.5 Å². The van der Waals surface area contributed by atoms with Gasteiger partial charge in [-0.1, -0.05) is 55.5 Å². The van der Waals surface area contributed by atoms with Crippen molar-refractivity contribution in [1.29, 1.82) is 0 Å². The van der Waals surface area contributed by atoms with Crippen LogP contribution < -0.4 is 14.4 Å². The second-order valence-corrected chi connectivity index (χ2v) is 11.0. The van der Waals surface area contributed by atoms with Crippen molar-refractivity contribution < 1.29 is 22.7 Å². The molecule has 0 fully saturated rings. The van der Waals surface area contributed by atoms with Crippen molar-refractivity contribution in [2.24, 2.45) is 0 Å². The van der Waals surface area contributed by atoms with Crippen molar-refractivity contribution in [3.8, 4) is 5.75 Å². The first-order valence-electron chi connectivity index (χ1n) is 12.5. The number of nitrogens with one attached hydrogen (secondary N) is 1. The topological polar surface area (TPSA) is 96.0 Å². The highest BCUT2D eigenvalue weighted by Gasteiger charge is 2.33. The summed E-state index contributed by atoms with van der Waals surface area (Å²) < 4.78 is 33.8. The lowest BCUT2D eigenvalue weighted by atomic mass is 10.1. The smallest absolute Gasteiger partial charge is 0.264 e. The Balaban J connectivity index is 2.03. The summed E-state index contributed by atoms with van der Waals surface area (Å²) in [6.07, 6.45) is 0.352. The van der Waals surface area contributed by atoms with Crippen LogP contribution in [-0.4, -0.2) is 50.9 Å². The van der Waals surface area contributed by atoms with Crippen molar-refractivity contribution in [1.82, 2.24) is 10.2 Å². The van der Waals surface area contributed by atoms with Crippen LogP contribution in [0.1, 0.15) is 32.8 Å². The first-order chi connectivity index (χ1) is 18.2. The van der Waals surface area contributed by atoms with Gasteiger partial charge in [-0.15, -0.1) is 0 Å². The van der Waals surface area contributed by atoms with E-state index >= 15 is 0 Å². The van der Waals surface area contributed by atoms with E-state index in [4.69, 9.17) is 4.74 Å². The minimum Gasteiger partial charge on any atom is -0.497 e. The van der Waals surface area contributed by atoms with Gasteiger partial charge in [0.2, 0.25) is 11.8 Å². The predicted molar refractivity (Wildman–Crippen MR) is 148 cm³/mol. The average molecular weight is 538 g/mol. The number of methoxy groups -OCH3 is 1. The average Bonchev–Trinajstić information content (AvgIpc) is 2.92. The molecule has 0 heterocycles. The quantitative estimate of drug-likeness (QED) is 0.373. The molecular formula is C29H35N3O5S. The largest absolute Gasteiger partial charge is 0.497 e. The maximum absolute atomic E-state index is 14.0. The van der Waals surface area contributed by atoms with E-state index < -0.39 is 28.5 Å². The highest BCUT2D eigenvalue weighted by atomic mass is 32.2. The van der Waals surface area contributed by atoms with Gasteiger partial charge in [0.1, 0.15) is 18.3 Å². The predicted octanol–water partition coefficient (Wildman–Crippen LogP) is 4.22. The number of anilines is 1. The zero-order valence-corrected chi connectivity index (χ0v) is 23.0. The van der Waals surface area contributed by atoms with E-state index in [1.807, 2.05) is 32.9 Å². The van der Waals surface area contributed by atoms with E-state index in [-0.39, 0.29) is 23.4 Å². The number of carbonyl (C=O) groups excluding carboxylic acids is 2. The Hall–Kier alpha value is -3.85. The molecule has 0 aliphatic carbocycles. The SMILES string of the molecule is CCC(C(=O)NC(C)C)N(Cc1cccc(OC)c1)C(=O)CN(c1ccccc1)S(=O)(=O)c1ccccc1. The number of rotatable bonds is 12. The third-order valence-electron chi connectivity index (χ3n) is 5.96. The van der Waals surface area contributed by atoms with Crippen LogP contribution in [0, 0.1) is 0 Å². The Morgan fingerprint density at radius 1 is 0.921 bits per heavy atom. The molecule has 38 heavy (non-hydrogen) atoms. The number of para-hydroxylation sites is 1. The first kappa shape index (κ1) is 28.7. The van der Waals surface area contributed by atoms with Crippen molar-refractivity contribution in [2.75, 3.05) is 18.0 Å². The van der Waals surface area contributed by atoms with E-state index in [2.05, 4.69) is 5.32 Å². The Morgan fingerprint density at radius 3 is 2.13 bits per heavy atom. The molecule has 0 saturated carbocycles. The number of ether oxygens (including phenoxy) is 1. The highest BCUT2D eigenvalue weighted by molar-refractivity contribution is 7.92. The van der Waals surface area contributed by atoms with E-state index in [1.54, 1.807) is 67.8 Å². The zero-order chi connectivity index (χ0) is 27.7. The summed E-state index contributed by atoms with van der Waals surface area (Å²) in [5.41, 5.74) is 1.11. The molecule has 0 aromatic heterocycles. The number of hydrogen-bond acceptors (Lipinski definition) is 5. The molecule has 1 atom stereocenters. The monoisotopic (exact) mass is 537 g/mol. The number of nitrogens with zero attached hydrogens (tertiary/aromatic N) is 2. The molecule has 3 aromatic carbocycles. The minimum atomic E-state index is -4.07. The fourth-order valence-corrected chi connectivity index (χ4v) is 5.55. The van der Waals surface area contributed by atoms with Crippen LogP contribution >= 0.6 is 0 Å². The normalized spacial score (nSPS) is 12.0. The van der Waals surface area contributed by atoms with Crippen molar-refractivity contribution in [2.45, 2.75) is 50.7 Å². The van der Waals surface area contributed by atoms with Gasteiger partial charge in [0.05, 0.1) is 17.7 Å². The van der Waals surface area contributed by atoms with Crippen molar-refractivity contribution in [3.63, 3.8) is 0 Å². The minimum absolute atomic E-state index is 0.0700. The van der Waals surface area contributed by atoms with Gasteiger partial charge >= 0.3 is 0 Å². The third kappa shape index (κ3) is 7.13. The van der Waals surface area contributed by atoms with Crippen LogP contribution in [0.4, 0.5) is 5.69 Å². The summed E-state index contributed by atoms with van der Waals surface area (Å²) in [7, 11) is -2.52. The molecule has 202 valence electrons. The summed E-state index contributed by atoms with van der Waals surface area (Å²) in [6, 6.07) is 22.8. The lowest BCUT2D eigenvalue weighted by Crippen LogP contribution is -2.53. The van der Waals surface area contributed by atoms with E-state index in [1.165, 1.54) is 17.0 Å². The molecule has 1 N–H and O–H groups in total. The standard InChI is InChI=1S/C29H35N3O5S/c1-5-27(29(34)30-22(2)3)31(20-23-13-12-16-25(19-23)37-4)28(33)21-32(24-14-8-6-9-15-24)38(35,36)26-17-10-7-11-18-26/h6-19,22,27H,5,20-21H2,1-4H3,(H,30,34). The first-order valence-corrected chi connectivity index (χ1v) is 14.0. The molecule has 0 saturated heterocycles. The molecular weight excluding hydrogens is 502 g/mol. The van der Waals surface area contributed by atoms with Gasteiger partial charge in [0.25, 0.3) is 10.0 Å². The number of carbonyl (C=O) groups is 2. The van der Waals surface area contributed by atoms with Gasteiger partial charge in [-0.05, 0) is 62.2 Å². The molecule has 0 bridgehead atoms. The number of amides is 2. The second kappa shape index (κ2) is 13.1. The molecule has 9 heteroatoms. The number of hydrogen-bond donors (Lipinski definition) is 1. The second-order valence-electron chi connectivity index (χ2n) is 9.12. The summed E-state index contributed by atoms with van der Waals surface area (Å²) in [5, 5.41) is 2.89. The van der Waals surface area contributed by atoms with Crippen LogP contribution in [0.2, 0.25) is 0 Å². The molecule has 0 radical (unpaired) electrons. The van der Waals surface area contributed by atoms with Gasteiger partial charge < -0.3 is 15.0 Å². The van der Waals surface area contributed by atoms with E-state index in [9.17, 15) is 18.0 Å². The Morgan fingerprint density at radius 2 is 1.55 bits per heavy atom. The lowest BCUT2D eigenvalue weighted by molar-refractivity contribution is -0.140. The number of benzene rings is 3. The maximum Gasteiger partial charge on any atom is 0.264 e. The molecule has 3 rings (SSSR count). The van der Waals surface area contributed by atoms with Crippen LogP contribution in [0.3, 0.4) is 0 Å². The van der Waals surface area contributed by atoms with Crippen LogP contribution in [-0.2, 0) is 26.2 Å². The Labute approximate surface area is 225 Å². The molecule has 1 unspecified atom stereocenters. The molecule has 0 aliphatic heterocycles. The van der Waals surface area contributed by atoms with Gasteiger partial charge in [-0.2, -0.15) is 0 Å². The third-order valence-corrected chi connectivity index (χ3v) is 7.75. The summed E-state index contributed by atoms with van der Waals surface area (Å²) in [4.78, 5) is 28.6. The lowest BCUT2D eigenvalue weighted by Gasteiger charge is -2.33.